The summed E-state index contributed by atoms with van der Waals surface area (Å²) in [5, 5.41) is 3.67. The number of benzene rings is 1. The smallest absolute Gasteiger partial charge is 0.119 e. The summed E-state index contributed by atoms with van der Waals surface area (Å²) in [7, 11) is 0. The fraction of sp³-hybridized carbons (Fsp3) is 0.571. The maximum Gasteiger partial charge on any atom is 0.119 e. The highest BCUT2D eigenvalue weighted by atomic mass is 32.1. The zero-order chi connectivity index (χ0) is 12.3. The molecule has 2 nitrogen and oxygen atoms in total. The summed E-state index contributed by atoms with van der Waals surface area (Å²) < 4.78 is 5.94. The molecule has 1 aliphatic carbocycles. The van der Waals surface area contributed by atoms with Gasteiger partial charge in [0, 0.05) is 11.4 Å². The van der Waals surface area contributed by atoms with E-state index in [-0.39, 0.29) is 5.37 Å². The zero-order valence-corrected chi connectivity index (χ0v) is 11.4. The first-order chi connectivity index (χ1) is 8.17. The Labute approximate surface area is 109 Å². The molecule has 0 bridgehead atoms. The van der Waals surface area contributed by atoms with Crippen molar-refractivity contribution < 1.29 is 4.74 Å². The van der Waals surface area contributed by atoms with Crippen molar-refractivity contribution in [3.63, 3.8) is 0 Å². The van der Waals surface area contributed by atoms with E-state index in [0.717, 1.165) is 25.0 Å². The van der Waals surface area contributed by atoms with Gasteiger partial charge in [-0.15, -0.1) is 0 Å². The van der Waals surface area contributed by atoms with E-state index in [1.165, 1.54) is 5.56 Å². The normalized spacial score (nSPS) is 25.1. The highest BCUT2D eigenvalue weighted by Gasteiger charge is 2.30. The highest BCUT2D eigenvalue weighted by Crippen LogP contribution is 2.27. The Balaban J connectivity index is 1.79. The highest BCUT2D eigenvalue weighted by molar-refractivity contribution is 7.80. The second-order valence-electron chi connectivity index (χ2n) is 4.75. The lowest BCUT2D eigenvalue weighted by Gasteiger charge is -2.37. The van der Waals surface area contributed by atoms with Gasteiger partial charge in [0.1, 0.15) is 11.9 Å². The number of ether oxygens (including phenoxy) is 1. The van der Waals surface area contributed by atoms with Gasteiger partial charge in [0.15, 0.2) is 0 Å². The Hall–Kier alpha value is -0.670. The molecule has 0 amide bonds. The van der Waals surface area contributed by atoms with Crippen molar-refractivity contribution in [1.29, 1.82) is 0 Å². The van der Waals surface area contributed by atoms with Gasteiger partial charge in [-0.2, -0.15) is 12.6 Å². The van der Waals surface area contributed by atoms with Crippen molar-refractivity contribution in [2.75, 3.05) is 0 Å². The van der Waals surface area contributed by atoms with Crippen molar-refractivity contribution in [3.8, 4) is 5.75 Å². The molecule has 1 atom stereocenters. The van der Waals surface area contributed by atoms with Crippen LogP contribution in [0.1, 0.15) is 32.3 Å². The molecule has 1 fully saturated rings. The maximum atomic E-state index is 5.94. The van der Waals surface area contributed by atoms with E-state index in [1.54, 1.807) is 0 Å². The zero-order valence-electron chi connectivity index (χ0n) is 10.5. The van der Waals surface area contributed by atoms with Crippen LogP contribution in [0, 0.1) is 0 Å². The van der Waals surface area contributed by atoms with Gasteiger partial charge in [-0.05, 0) is 43.9 Å². The average Bonchev–Trinajstić information content (AvgIpc) is 2.26. The van der Waals surface area contributed by atoms with Gasteiger partial charge in [0.05, 0.1) is 0 Å². The van der Waals surface area contributed by atoms with Gasteiger partial charge in [0.2, 0.25) is 0 Å². The minimum Gasteiger partial charge on any atom is -0.490 e. The molecule has 0 radical (unpaired) electrons. The van der Waals surface area contributed by atoms with Crippen LogP contribution in [0.25, 0.3) is 0 Å². The van der Waals surface area contributed by atoms with Crippen molar-refractivity contribution in [2.24, 2.45) is 0 Å². The van der Waals surface area contributed by atoms with Gasteiger partial charge in [-0.25, -0.2) is 0 Å². The molecule has 0 saturated heterocycles. The molecule has 1 N–H and O–H groups in total. The quantitative estimate of drug-likeness (QED) is 0.620. The van der Waals surface area contributed by atoms with Crippen LogP contribution in [0.3, 0.4) is 0 Å². The predicted octanol–water partition coefficient (Wildman–Crippen LogP) is 3.02. The average molecular weight is 251 g/mol. The Morgan fingerprint density at radius 3 is 2.88 bits per heavy atom. The van der Waals surface area contributed by atoms with Crippen LogP contribution < -0.4 is 10.1 Å². The molecule has 1 saturated carbocycles. The van der Waals surface area contributed by atoms with E-state index < -0.39 is 0 Å². The molecule has 0 heterocycles. The van der Waals surface area contributed by atoms with Crippen molar-refractivity contribution in [2.45, 2.75) is 50.6 Å². The molecule has 0 aromatic heterocycles. The van der Waals surface area contributed by atoms with Crippen molar-refractivity contribution in [1.82, 2.24) is 5.32 Å². The molecule has 3 heteroatoms. The Morgan fingerprint density at radius 1 is 1.47 bits per heavy atom. The van der Waals surface area contributed by atoms with E-state index >= 15 is 0 Å². The molecule has 1 aliphatic rings. The summed E-state index contributed by atoms with van der Waals surface area (Å²) in [4.78, 5) is 0. The van der Waals surface area contributed by atoms with E-state index in [9.17, 15) is 0 Å². The Bertz CT molecular complexity index is 361. The second-order valence-corrected chi connectivity index (χ2v) is 5.53. The van der Waals surface area contributed by atoms with Crippen LogP contribution >= 0.6 is 12.6 Å². The van der Waals surface area contributed by atoms with Gasteiger partial charge in [-0.3, -0.25) is 0 Å². The van der Waals surface area contributed by atoms with E-state index in [1.807, 2.05) is 6.07 Å². The number of thiol groups is 1. The largest absolute Gasteiger partial charge is 0.490 e. The van der Waals surface area contributed by atoms with Crippen LogP contribution in [0.5, 0.6) is 5.75 Å². The standard InChI is InChI=1S/C14H21NOS/c1-3-11-5-4-6-13(7-11)16-14-8-12(9-14)15-10(2)17/h4-7,10,12,14-15,17H,3,8-9H2,1-2H3. The Kier molecular flexibility index (Phi) is 4.35. The SMILES string of the molecule is CCc1cccc(OC2CC(NC(C)S)C2)c1. The minimum absolute atomic E-state index is 0.268. The number of aryl methyl sites for hydroxylation is 1. The summed E-state index contributed by atoms with van der Waals surface area (Å²) in [6.07, 6.45) is 3.60. The van der Waals surface area contributed by atoms with Crippen LogP contribution in [-0.4, -0.2) is 17.5 Å². The van der Waals surface area contributed by atoms with Crippen LogP contribution in [-0.2, 0) is 6.42 Å². The molecule has 94 valence electrons. The van der Waals surface area contributed by atoms with Gasteiger partial charge < -0.3 is 10.1 Å². The monoisotopic (exact) mass is 251 g/mol. The first-order valence-electron chi connectivity index (χ1n) is 6.37. The third-order valence-corrected chi connectivity index (χ3v) is 3.33. The third-order valence-electron chi connectivity index (χ3n) is 3.18. The summed E-state index contributed by atoms with van der Waals surface area (Å²) in [6.45, 7) is 4.22. The molecule has 2 rings (SSSR count). The fourth-order valence-corrected chi connectivity index (χ4v) is 2.38. The van der Waals surface area contributed by atoms with Gasteiger partial charge in [0.25, 0.3) is 0 Å². The van der Waals surface area contributed by atoms with E-state index in [0.29, 0.717) is 12.1 Å². The number of hydrogen-bond donors (Lipinski definition) is 2. The molecule has 1 unspecified atom stereocenters. The summed E-state index contributed by atoms with van der Waals surface area (Å²) >= 11 is 4.33. The molecule has 17 heavy (non-hydrogen) atoms. The minimum atomic E-state index is 0.268. The van der Waals surface area contributed by atoms with Crippen LogP contribution in [0.4, 0.5) is 0 Å². The van der Waals surface area contributed by atoms with E-state index in [2.05, 4.69) is 50.0 Å². The summed E-state index contributed by atoms with van der Waals surface area (Å²) in [5.74, 6) is 1.01. The topological polar surface area (TPSA) is 21.3 Å². The third kappa shape index (κ3) is 3.65. The maximum absolute atomic E-state index is 5.94. The summed E-state index contributed by atoms with van der Waals surface area (Å²) in [6, 6.07) is 8.96. The van der Waals surface area contributed by atoms with Gasteiger partial charge >= 0.3 is 0 Å². The van der Waals surface area contributed by atoms with Crippen molar-refractivity contribution in [3.05, 3.63) is 29.8 Å². The van der Waals surface area contributed by atoms with Crippen molar-refractivity contribution >= 4 is 12.6 Å². The fourth-order valence-electron chi connectivity index (χ4n) is 2.17. The summed E-state index contributed by atoms with van der Waals surface area (Å²) in [5.41, 5.74) is 1.33. The van der Waals surface area contributed by atoms with Crippen LogP contribution in [0.15, 0.2) is 24.3 Å². The van der Waals surface area contributed by atoms with E-state index in [4.69, 9.17) is 4.74 Å². The lowest BCUT2D eigenvalue weighted by atomic mass is 9.89. The molecular formula is C14H21NOS. The lowest BCUT2D eigenvalue weighted by Crippen LogP contribution is -2.48. The number of hydrogen-bond acceptors (Lipinski definition) is 3. The lowest BCUT2D eigenvalue weighted by molar-refractivity contribution is 0.0846. The molecular weight excluding hydrogens is 230 g/mol. The number of rotatable bonds is 5. The first kappa shape index (κ1) is 12.8. The number of nitrogens with one attached hydrogen (secondary N) is 1. The predicted molar refractivity (Wildman–Crippen MR) is 74.8 cm³/mol. The molecule has 0 aliphatic heterocycles. The van der Waals surface area contributed by atoms with Crippen LogP contribution in [0.2, 0.25) is 0 Å². The van der Waals surface area contributed by atoms with Gasteiger partial charge in [-0.1, -0.05) is 19.1 Å². The Morgan fingerprint density at radius 2 is 2.24 bits per heavy atom. The first-order valence-corrected chi connectivity index (χ1v) is 6.88. The second kappa shape index (κ2) is 5.78. The molecule has 1 aromatic carbocycles. The molecule has 0 spiro atoms. The molecule has 1 aromatic rings.